The zero-order chi connectivity index (χ0) is 24.6. The fraction of sp³-hybridized carbons (Fsp3) is 0.133. The number of carbonyl (C=O) groups excluding carboxylic acids is 2. The monoisotopic (exact) mass is 451 g/mol. The van der Waals surface area contributed by atoms with Crippen LogP contribution in [0.5, 0.6) is 5.75 Å². The third kappa shape index (κ3) is 6.66. The van der Waals surface area contributed by atoms with Crippen molar-refractivity contribution in [1.29, 1.82) is 0 Å². The van der Waals surface area contributed by atoms with Gasteiger partial charge in [-0.05, 0) is 58.5 Å². The van der Waals surface area contributed by atoms with E-state index in [0.29, 0.717) is 16.9 Å². The zero-order valence-electron chi connectivity index (χ0n) is 19.7. The predicted octanol–water partition coefficient (Wildman–Crippen LogP) is 6.66. The van der Waals surface area contributed by atoms with Gasteiger partial charge < -0.3 is 10.5 Å². The molecular formula is C30H29NO3. The van der Waals surface area contributed by atoms with E-state index in [-0.39, 0.29) is 17.3 Å². The van der Waals surface area contributed by atoms with Crippen molar-refractivity contribution in [3.8, 4) is 16.9 Å². The van der Waals surface area contributed by atoms with Crippen molar-refractivity contribution < 1.29 is 14.3 Å². The molecule has 4 heteroatoms. The Labute approximate surface area is 201 Å². The lowest BCUT2D eigenvalue weighted by atomic mass is 9.84. The van der Waals surface area contributed by atoms with Crippen LogP contribution in [0.1, 0.15) is 47.1 Å². The van der Waals surface area contributed by atoms with Gasteiger partial charge in [0, 0.05) is 5.56 Å². The second kappa shape index (κ2) is 11.1. The maximum atomic E-state index is 12.7. The summed E-state index contributed by atoms with van der Waals surface area (Å²) < 4.78 is 5.55. The number of rotatable bonds is 4. The third-order valence-corrected chi connectivity index (χ3v) is 5.20. The number of carbonyl (C=O) groups is 2. The van der Waals surface area contributed by atoms with Crippen LogP contribution in [0.2, 0.25) is 0 Å². The molecule has 34 heavy (non-hydrogen) atoms. The van der Waals surface area contributed by atoms with Gasteiger partial charge in [-0.2, -0.15) is 0 Å². The Balaban J connectivity index is 0.000000302. The van der Waals surface area contributed by atoms with E-state index in [1.54, 1.807) is 36.4 Å². The highest BCUT2D eigenvalue weighted by Gasteiger charge is 2.20. The average molecular weight is 452 g/mol. The minimum Gasteiger partial charge on any atom is -0.423 e. The molecule has 4 rings (SSSR count). The highest BCUT2D eigenvalue weighted by molar-refractivity contribution is 5.98. The van der Waals surface area contributed by atoms with Gasteiger partial charge in [-0.3, -0.25) is 4.79 Å². The maximum Gasteiger partial charge on any atom is 0.344 e. The highest BCUT2D eigenvalue weighted by Crippen LogP contribution is 2.31. The van der Waals surface area contributed by atoms with E-state index in [1.807, 2.05) is 66.7 Å². The summed E-state index contributed by atoms with van der Waals surface area (Å²) in [5, 5.41) is 0. The Bertz CT molecular complexity index is 1230. The first-order valence-electron chi connectivity index (χ1n) is 11.1. The normalized spacial score (nSPS) is 10.6. The molecule has 2 N–H and O–H groups in total. The first-order chi connectivity index (χ1) is 16.3. The lowest BCUT2D eigenvalue weighted by molar-refractivity contribution is 0.0735. The summed E-state index contributed by atoms with van der Waals surface area (Å²) in [5.41, 5.74) is 9.19. The largest absolute Gasteiger partial charge is 0.423 e. The smallest absolute Gasteiger partial charge is 0.344 e. The number of para-hydroxylation sites is 1. The quantitative estimate of drug-likeness (QED) is 0.279. The van der Waals surface area contributed by atoms with Gasteiger partial charge in [0.2, 0.25) is 5.91 Å². The van der Waals surface area contributed by atoms with Crippen LogP contribution in [0.25, 0.3) is 11.1 Å². The van der Waals surface area contributed by atoms with E-state index >= 15 is 0 Å². The van der Waals surface area contributed by atoms with Crippen molar-refractivity contribution in [3.05, 3.63) is 126 Å². The maximum absolute atomic E-state index is 12.7. The van der Waals surface area contributed by atoms with Crippen LogP contribution in [0.3, 0.4) is 0 Å². The van der Waals surface area contributed by atoms with E-state index in [0.717, 1.165) is 11.1 Å². The minimum atomic E-state index is -0.379. The Morgan fingerprint density at radius 2 is 1.24 bits per heavy atom. The van der Waals surface area contributed by atoms with Crippen molar-refractivity contribution >= 4 is 11.9 Å². The molecule has 0 fully saturated rings. The van der Waals surface area contributed by atoms with Crippen molar-refractivity contribution in [2.45, 2.75) is 26.2 Å². The summed E-state index contributed by atoms with van der Waals surface area (Å²) in [4.78, 5) is 23.2. The summed E-state index contributed by atoms with van der Waals surface area (Å²) in [6.07, 6.45) is 0. The van der Waals surface area contributed by atoms with Crippen LogP contribution in [-0.4, -0.2) is 11.9 Å². The zero-order valence-corrected chi connectivity index (χ0v) is 19.7. The van der Waals surface area contributed by atoms with Crippen LogP contribution in [-0.2, 0) is 5.41 Å². The molecule has 0 bridgehead atoms. The molecule has 0 aliphatic carbocycles. The van der Waals surface area contributed by atoms with E-state index in [4.69, 9.17) is 10.5 Å². The molecule has 0 spiro atoms. The van der Waals surface area contributed by atoms with Crippen LogP contribution >= 0.6 is 0 Å². The van der Waals surface area contributed by atoms with Crippen molar-refractivity contribution in [3.63, 3.8) is 0 Å². The van der Waals surface area contributed by atoms with Crippen molar-refractivity contribution in [2.24, 2.45) is 5.73 Å². The van der Waals surface area contributed by atoms with Gasteiger partial charge in [-0.25, -0.2) is 4.79 Å². The fourth-order valence-electron chi connectivity index (χ4n) is 3.30. The molecule has 4 aromatic carbocycles. The second-order valence-corrected chi connectivity index (χ2v) is 8.81. The Kier molecular flexibility index (Phi) is 7.99. The SMILES string of the molecule is CC(C)(C)c1ccc(C(=O)Oc2ccccc2)c(-c2ccccc2)c1.NC(=O)c1ccccc1. The summed E-state index contributed by atoms with van der Waals surface area (Å²) in [7, 11) is 0. The van der Waals surface area contributed by atoms with Gasteiger partial charge in [0.15, 0.2) is 0 Å². The predicted molar refractivity (Wildman–Crippen MR) is 137 cm³/mol. The number of benzene rings is 4. The fourth-order valence-corrected chi connectivity index (χ4v) is 3.30. The highest BCUT2D eigenvalue weighted by atomic mass is 16.5. The van der Waals surface area contributed by atoms with Gasteiger partial charge in [0.05, 0.1) is 5.56 Å². The Hall–Kier alpha value is -4.18. The molecule has 0 saturated carbocycles. The number of ether oxygens (including phenoxy) is 1. The second-order valence-electron chi connectivity index (χ2n) is 8.81. The lowest BCUT2D eigenvalue weighted by Gasteiger charge is -2.21. The molecular weight excluding hydrogens is 422 g/mol. The first-order valence-corrected chi connectivity index (χ1v) is 11.1. The first kappa shape index (κ1) is 24.5. The van der Waals surface area contributed by atoms with Crippen LogP contribution in [0.4, 0.5) is 0 Å². The summed E-state index contributed by atoms with van der Waals surface area (Å²) in [6, 6.07) is 33.8. The molecule has 0 radical (unpaired) electrons. The number of primary amides is 1. The molecule has 0 atom stereocenters. The molecule has 172 valence electrons. The third-order valence-electron chi connectivity index (χ3n) is 5.20. The molecule has 0 heterocycles. The number of nitrogens with two attached hydrogens (primary N) is 1. The van der Waals surface area contributed by atoms with Gasteiger partial charge in [0.25, 0.3) is 0 Å². The van der Waals surface area contributed by atoms with Crippen LogP contribution in [0.15, 0.2) is 109 Å². The van der Waals surface area contributed by atoms with E-state index in [2.05, 4.69) is 26.8 Å². The molecule has 0 saturated heterocycles. The minimum absolute atomic E-state index is 0.00535. The molecule has 0 aromatic heterocycles. The number of hydrogen-bond donors (Lipinski definition) is 1. The lowest BCUT2D eigenvalue weighted by Crippen LogP contribution is -2.14. The number of esters is 1. The molecule has 1 amide bonds. The number of amides is 1. The Morgan fingerprint density at radius 1 is 0.706 bits per heavy atom. The van der Waals surface area contributed by atoms with E-state index < -0.39 is 0 Å². The standard InChI is InChI=1S/C23H22O2.C7H7NO/c1-23(2,3)18-14-15-20(21(16-18)17-10-6-4-7-11-17)22(24)25-19-12-8-5-9-13-19;8-7(9)6-4-2-1-3-5-6/h4-16H,1-3H3;1-5H,(H2,8,9). The van der Waals surface area contributed by atoms with Crippen molar-refractivity contribution in [2.75, 3.05) is 0 Å². The Morgan fingerprint density at radius 3 is 1.74 bits per heavy atom. The topological polar surface area (TPSA) is 69.4 Å². The van der Waals surface area contributed by atoms with Gasteiger partial charge in [-0.1, -0.05) is 93.6 Å². The van der Waals surface area contributed by atoms with Gasteiger partial charge >= 0.3 is 5.97 Å². The van der Waals surface area contributed by atoms with Crippen LogP contribution < -0.4 is 10.5 Å². The molecule has 0 aliphatic heterocycles. The number of hydrogen-bond acceptors (Lipinski definition) is 3. The molecule has 0 aliphatic rings. The van der Waals surface area contributed by atoms with E-state index in [1.165, 1.54) is 5.56 Å². The van der Waals surface area contributed by atoms with Gasteiger partial charge in [-0.15, -0.1) is 0 Å². The molecule has 0 unspecified atom stereocenters. The summed E-state index contributed by atoms with van der Waals surface area (Å²) in [6.45, 7) is 6.50. The summed E-state index contributed by atoms with van der Waals surface area (Å²) >= 11 is 0. The summed E-state index contributed by atoms with van der Waals surface area (Å²) in [5.74, 6) is -0.174. The van der Waals surface area contributed by atoms with Crippen molar-refractivity contribution in [1.82, 2.24) is 0 Å². The average Bonchev–Trinajstić information content (AvgIpc) is 2.85. The molecule has 4 aromatic rings. The van der Waals surface area contributed by atoms with Crippen LogP contribution in [0, 0.1) is 0 Å². The molecule has 4 nitrogen and oxygen atoms in total. The van der Waals surface area contributed by atoms with E-state index in [9.17, 15) is 9.59 Å². The van der Waals surface area contributed by atoms with Gasteiger partial charge in [0.1, 0.15) is 5.75 Å².